The van der Waals surface area contributed by atoms with E-state index in [0.717, 1.165) is 35.5 Å². The quantitative estimate of drug-likeness (QED) is 0.323. The van der Waals surface area contributed by atoms with Crippen LogP contribution >= 0.6 is 0 Å². The first kappa shape index (κ1) is 27.5. The van der Waals surface area contributed by atoms with Crippen LogP contribution in [0.3, 0.4) is 0 Å². The molecule has 1 saturated heterocycles. The Labute approximate surface area is 232 Å². The predicted molar refractivity (Wildman–Crippen MR) is 153 cm³/mol. The van der Waals surface area contributed by atoms with Crippen molar-refractivity contribution in [2.45, 2.75) is 39.2 Å². The molecule has 4 N–H and O–H groups in total. The Morgan fingerprint density at radius 1 is 1.20 bits per heavy atom. The number of nitrogens with one attached hydrogen (secondary N) is 3. The maximum Gasteiger partial charge on any atom is 0.319 e. The first-order chi connectivity index (χ1) is 19.4. The molecule has 0 bridgehead atoms. The number of hydrogen-bond donors (Lipinski definition) is 4. The molecule has 0 spiro atoms. The number of hydrogen-bond acceptors (Lipinski definition) is 7. The third-order valence-electron chi connectivity index (χ3n) is 7.04. The van der Waals surface area contributed by atoms with Crippen LogP contribution < -0.4 is 20.7 Å². The number of carbonyl (C=O) groups is 1. The number of amides is 2. The van der Waals surface area contributed by atoms with Crippen molar-refractivity contribution in [2.24, 2.45) is 0 Å². The van der Waals surface area contributed by atoms with E-state index in [2.05, 4.69) is 33.9 Å². The maximum absolute atomic E-state index is 15.0. The normalized spacial score (nSPS) is 15.3. The third-order valence-corrected chi connectivity index (χ3v) is 7.04. The van der Waals surface area contributed by atoms with Crippen molar-refractivity contribution in [3.8, 4) is 28.3 Å². The molecular formula is C30H34FN5O4. The van der Waals surface area contributed by atoms with Crippen molar-refractivity contribution in [1.29, 1.82) is 0 Å². The van der Waals surface area contributed by atoms with Gasteiger partial charge in [-0.3, -0.25) is 0 Å². The molecule has 40 heavy (non-hydrogen) atoms. The predicted octanol–water partition coefficient (Wildman–Crippen LogP) is 5.15. The lowest BCUT2D eigenvalue weighted by Crippen LogP contribution is -2.41. The molecule has 0 aliphatic carbocycles. The van der Waals surface area contributed by atoms with Crippen LogP contribution in [0.4, 0.5) is 20.7 Å². The minimum absolute atomic E-state index is 0.0154. The SMILES string of the molecule is CC1=Cc2c(-c3cc(-c4cc(NC(=O)NC5CCOCC5)c(F)cc4C)cc(OCCO)n3)ccnc2NCC1. The zero-order valence-electron chi connectivity index (χ0n) is 22.7. The van der Waals surface area contributed by atoms with Crippen molar-refractivity contribution >= 4 is 23.6 Å². The molecule has 2 aliphatic rings. The van der Waals surface area contributed by atoms with E-state index in [0.29, 0.717) is 48.8 Å². The fraction of sp³-hybridized carbons (Fsp3) is 0.367. The summed E-state index contributed by atoms with van der Waals surface area (Å²) in [5.41, 5.74) is 5.86. The van der Waals surface area contributed by atoms with Crippen LogP contribution in [0.25, 0.3) is 28.5 Å². The summed E-state index contributed by atoms with van der Waals surface area (Å²) in [4.78, 5) is 21.9. The van der Waals surface area contributed by atoms with E-state index in [4.69, 9.17) is 14.5 Å². The molecule has 0 radical (unpaired) electrons. The molecule has 10 heteroatoms. The number of nitrogens with zero attached hydrogens (tertiary/aromatic N) is 2. The number of benzene rings is 1. The number of aromatic nitrogens is 2. The van der Waals surface area contributed by atoms with Gasteiger partial charge in [0, 0.05) is 49.2 Å². The highest BCUT2D eigenvalue weighted by atomic mass is 19.1. The lowest BCUT2D eigenvalue weighted by Gasteiger charge is -2.23. The highest BCUT2D eigenvalue weighted by Crippen LogP contribution is 2.36. The molecule has 1 aromatic carbocycles. The highest BCUT2D eigenvalue weighted by molar-refractivity contribution is 5.91. The summed E-state index contributed by atoms with van der Waals surface area (Å²) in [5.74, 6) is 0.574. The summed E-state index contributed by atoms with van der Waals surface area (Å²) in [7, 11) is 0. The van der Waals surface area contributed by atoms with E-state index >= 15 is 0 Å². The Kier molecular flexibility index (Phi) is 8.57. The first-order valence-electron chi connectivity index (χ1n) is 13.5. The Hall–Kier alpha value is -4.02. The molecule has 2 aromatic heterocycles. The molecule has 1 fully saturated rings. The van der Waals surface area contributed by atoms with Gasteiger partial charge in [-0.05, 0) is 74.1 Å². The van der Waals surface area contributed by atoms with Crippen LogP contribution in [0.1, 0.15) is 37.3 Å². The third kappa shape index (κ3) is 6.40. The zero-order valence-corrected chi connectivity index (χ0v) is 22.7. The van der Waals surface area contributed by atoms with Crippen molar-refractivity contribution in [3.63, 3.8) is 0 Å². The van der Waals surface area contributed by atoms with Gasteiger partial charge in [-0.1, -0.05) is 11.6 Å². The summed E-state index contributed by atoms with van der Waals surface area (Å²) in [6.45, 7) is 5.78. The van der Waals surface area contributed by atoms with E-state index in [1.54, 1.807) is 18.3 Å². The van der Waals surface area contributed by atoms with Crippen LogP contribution in [0, 0.1) is 12.7 Å². The minimum Gasteiger partial charge on any atom is -0.475 e. The van der Waals surface area contributed by atoms with Crippen molar-refractivity contribution < 1.29 is 23.8 Å². The monoisotopic (exact) mass is 547 g/mol. The number of aryl methyl sites for hydroxylation is 1. The number of urea groups is 1. The summed E-state index contributed by atoms with van der Waals surface area (Å²) in [5, 5.41) is 18.3. The van der Waals surface area contributed by atoms with Crippen LogP contribution in [0.5, 0.6) is 5.88 Å². The highest BCUT2D eigenvalue weighted by Gasteiger charge is 2.20. The van der Waals surface area contributed by atoms with Gasteiger partial charge >= 0.3 is 6.03 Å². The number of fused-ring (bicyclic) bond motifs is 1. The number of anilines is 2. The van der Waals surface area contributed by atoms with Gasteiger partial charge < -0.3 is 30.5 Å². The van der Waals surface area contributed by atoms with Crippen molar-refractivity contribution in [2.75, 3.05) is 43.6 Å². The molecule has 2 amide bonds. The van der Waals surface area contributed by atoms with Crippen LogP contribution in [0.2, 0.25) is 0 Å². The second-order valence-electron chi connectivity index (χ2n) is 10.1. The van der Waals surface area contributed by atoms with Crippen LogP contribution in [-0.2, 0) is 4.74 Å². The van der Waals surface area contributed by atoms with Gasteiger partial charge in [0.25, 0.3) is 0 Å². The Morgan fingerprint density at radius 3 is 2.83 bits per heavy atom. The van der Waals surface area contributed by atoms with Gasteiger partial charge in [0.1, 0.15) is 18.2 Å². The topological polar surface area (TPSA) is 118 Å². The van der Waals surface area contributed by atoms with E-state index < -0.39 is 11.8 Å². The number of ether oxygens (including phenoxy) is 2. The standard InChI is InChI=1S/C30H34FN5O4/c1-18-3-7-32-29-24(13-18)22(4-8-33-29)26-15-20(16-28(35-26)40-12-9-37)23-17-27(25(31)14-19(23)2)36-30(38)34-21-5-10-39-11-6-21/h4,8,13-17,21,37H,3,5-7,9-12H2,1-2H3,(H,32,33)(H2,34,36,38). The average molecular weight is 548 g/mol. The second-order valence-corrected chi connectivity index (χ2v) is 10.1. The van der Waals surface area contributed by atoms with E-state index in [9.17, 15) is 14.3 Å². The Balaban J connectivity index is 1.53. The van der Waals surface area contributed by atoms with Gasteiger partial charge in [-0.2, -0.15) is 0 Å². The molecule has 0 atom stereocenters. The molecule has 210 valence electrons. The zero-order chi connectivity index (χ0) is 28.1. The fourth-order valence-corrected chi connectivity index (χ4v) is 4.97. The van der Waals surface area contributed by atoms with Crippen LogP contribution in [0.15, 0.2) is 42.1 Å². The summed E-state index contributed by atoms with van der Waals surface area (Å²) < 4.78 is 26.1. The Bertz CT molecular complexity index is 1420. The van der Waals surface area contributed by atoms with Crippen LogP contribution in [-0.4, -0.2) is 60.1 Å². The fourth-order valence-electron chi connectivity index (χ4n) is 4.97. The van der Waals surface area contributed by atoms with Gasteiger partial charge in [0.05, 0.1) is 18.0 Å². The van der Waals surface area contributed by atoms with Crippen molar-refractivity contribution in [1.82, 2.24) is 15.3 Å². The van der Waals surface area contributed by atoms with Gasteiger partial charge in [-0.25, -0.2) is 19.2 Å². The largest absolute Gasteiger partial charge is 0.475 e. The van der Waals surface area contributed by atoms with Gasteiger partial charge in [0.2, 0.25) is 5.88 Å². The molecule has 0 saturated carbocycles. The van der Waals surface area contributed by atoms with E-state index in [1.165, 1.54) is 11.6 Å². The molecule has 3 aromatic rings. The molecule has 9 nitrogen and oxygen atoms in total. The number of rotatable bonds is 7. The molecule has 2 aliphatic heterocycles. The smallest absolute Gasteiger partial charge is 0.319 e. The number of pyridine rings is 2. The first-order valence-corrected chi connectivity index (χ1v) is 13.5. The van der Waals surface area contributed by atoms with Gasteiger partial charge in [0.15, 0.2) is 0 Å². The number of aliphatic hydroxyl groups excluding tert-OH is 1. The number of carbonyl (C=O) groups excluding carboxylic acids is 1. The summed E-state index contributed by atoms with van der Waals surface area (Å²) in [6.07, 6.45) is 6.19. The molecule has 5 rings (SSSR count). The summed E-state index contributed by atoms with van der Waals surface area (Å²) >= 11 is 0. The lowest BCUT2D eigenvalue weighted by molar-refractivity contribution is 0.0806. The minimum atomic E-state index is -0.527. The van der Waals surface area contributed by atoms with E-state index in [1.807, 2.05) is 19.1 Å². The lowest BCUT2D eigenvalue weighted by atomic mass is 9.97. The molecule has 4 heterocycles. The average Bonchev–Trinajstić information content (AvgIpc) is 3.14. The Morgan fingerprint density at radius 2 is 2.02 bits per heavy atom. The number of halogens is 1. The number of aliphatic hydroxyl groups is 1. The van der Waals surface area contributed by atoms with Crippen molar-refractivity contribution in [3.05, 3.63) is 59.0 Å². The van der Waals surface area contributed by atoms with Gasteiger partial charge in [-0.15, -0.1) is 0 Å². The summed E-state index contributed by atoms with van der Waals surface area (Å²) in [6, 6.07) is 8.13. The second kappa shape index (κ2) is 12.4. The molecule has 0 unspecified atom stereocenters. The molecular weight excluding hydrogens is 513 g/mol. The maximum atomic E-state index is 15.0. The van der Waals surface area contributed by atoms with E-state index in [-0.39, 0.29) is 24.9 Å².